The molecule has 0 bridgehead atoms. The zero-order valence-corrected chi connectivity index (χ0v) is 19.9. The van der Waals surface area contributed by atoms with Gasteiger partial charge < -0.3 is 25.0 Å². The Labute approximate surface area is 204 Å². The van der Waals surface area contributed by atoms with E-state index in [1.807, 2.05) is 24.3 Å². The first-order valence-electron chi connectivity index (χ1n) is 12.3. The van der Waals surface area contributed by atoms with Gasteiger partial charge in [0.25, 0.3) is 0 Å². The van der Waals surface area contributed by atoms with Crippen LogP contribution in [-0.2, 0) is 9.47 Å². The molecule has 6 rings (SSSR count). The Morgan fingerprint density at radius 2 is 1.94 bits per heavy atom. The van der Waals surface area contributed by atoms with Crippen molar-refractivity contribution in [1.82, 2.24) is 15.0 Å². The SMILES string of the molecule is C[C@H]1COCCN1c1nc(N2CCOCC3(CC3)C2)nc2nc(-c3cccc(C(N)=O)c3)ccc12. The van der Waals surface area contributed by atoms with E-state index in [4.69, 9.17) is 30.2 Å². The first kappa shape index (κ1) is 22.2. The van der Waals surface area contributed by atoms with Gasteiger partial charge >= 0.3 is 0 Å². The summed E-state index contributed by atoms with van der Waals surface area (Å²) >= 11 is 0. The topological polar surface area (TPSA) is 107 Å². The fourth-order valence-electron chi connectivity index (χ4n) is 5.02. The van der Waals surface area contributed by atoms with Crippen LogP contribution in [0, 0.1) is 5.41 Å². The Balaban J connectivity index is 1.47. The standard InChI is InChI=1S/C26H30N6O3/c1-17-14-34-12-10-32(17)24-20-5-6-21(18-3-2-4-19(13-18)22(27)33)28-23(20)29-25(30-24)31-9-11-35-16-26(15-31)7-8-26/h2-6,13,17H,7-12,14-16H2,1H3,(H2,27,33)/t17-/m0/s1. The summed E-state index contributed by atoms with van der Waals surface area (Å²) in [5, 5.41) is 0.907. The van der Waals surface area contributed by atoms with Crippen molar-refractivity contribution in [2.45, 2.75) is 25.8 Å². The van der Waals surface area contributed by atoms with Crippen LogP contribution in [0.4, 0.5) is 11.8 Å². The molecule has 1 amide bonds. The van der Waals surface area contributed by atoms with Crippen molar-refractivity contribution >= 4 is 28.7 Å². The number of rotatable bonds is 4. The maximum atomic E-state index is 11.7. The molecule has 1 aromatic carbocycles. The van der Waals surface area contributed by atoms with Gasteiger partial charge in [-0.05, 0) is 44.0 Å². The summed E-state index contributed by atoms with van der Waals surface area (Å²) in [6.07, 6.45) is 2.37. The van der Waals surface area contributed by atoms with Gasteiger partial charge in [-0.1, -0.05) is 12.1 Å². The third kappa shape index (κ3) is 4.30. The van der Waals surface area contributed by atoms with Gasteiger partial charge in [-0.2, -0.15) is 9.97 Å². The third-order valence-electron chi connectivity index (χ3n) is 7.29. The van der Waals surface area contributed by atoms with Gasteiger partial charge in [0.05, 0.1) is 43.5 Å². The zero-order chi connectivity index (χ0) is 24.0. The minimum atomic E-state index is -0.460. The number of benzene rings is 1. The van der Waals surface area contributed by atoms with Crippen molar-refractivity contribution in [3.05, 3.63) is 42.0 Å². The van der Waals surface area contributed by atoms with E-state index in [0.717, 1.165) is 48.7 Å². The number of primary amides is 1. The van der Waals surface area contributed by atoms with E-state index in [9.17, 15) is 4.79 Å². The second kappa shape index (κ2) is 8.73. The van der Waals surface area contributed by atoms with Crippen molar-refractivity contribution in [2.75, 3.05) is 55.9 Å². The summed E-state index contributed by atoms with van der Waals surface area (Å²) < 4.78 is 11.6. The highest BCUT2D eigenvalue weighted by molar-refractivity contribution is 5.94. The molecule has 2 N–H and O–H groups in total. The van der Waals surface area contributed by atoms with Gasteiger partial charge in [-0.15, -0.1) is 0 Å². The molecule has 35 heavy (non-hydrogen) atoms. The van der Waals surface area contributed by atoms with Crippen LogP contribution < -0.4 is 15.5 Å². The highest BCUT2D eigenvalue weighted by atomic mass is 16.5. The molecule has 0 radical (unpaired) electrons. The normalized spacial score (nSPS) is 21.8. The van der Waals surface area contributed by atoms with E-state index in [-0.39, 0.29) is 11.5 Å². The monoisotopic (exact) mass is 474 g/mol. The van der Waals surface area contributed by atoms with Gasteiger partial charge in [-0.3, -0.25) is 4.79 Å². The average molecular weight is 475 g/mol. The smallest absolute Gasteiger partial charge is 0.248 e. The second-order valence-electron chi connectivity index (χ2n) is 9.95. The molecule has 2 aliphatic heterocycles. The number of pyridine rings is 1. The van der Waals surface area contributed by atoms with Crippen LogP contribution in [0.2, 0.25) is 0 Å². The van der Waals surface area contributed by atoms with Crippen LogP contribution in [-0.4, -0.2) is 73.0 Å². The number of morpholine rings is 1. The molecular formula is C26H30N6O3. The average Bonchev–Trinajstić information content (AvgIpc) is 3.68. The summed E-state index contributed by atoms with van der Waals surface area (Å²) in [5.74, 6) is 1.12. The van der Waals surface area contributed by atoms with E-state index in [1.165, 1.54) is 12.8 Å². The number of hydrogen-bond donors (Lipinski definition) is 1. The lowest BCUT2D eigenvalue weighted by atomic mass is 10.1. The Kier molecular flexibility index (Phi) is 5.53. The van der Waals surface area contributed by atoms with Crippen molar-refractivity contribution in [3.8, 4) is 11.3 Å². The van der Waals surface area contributed by atoms with Crippen molar-refractivity contribution in [3.63, 3.8) is 0 Å². The highest BCUT2D eigenvalue weighted by Gasteiger charge is 2.46. The lowest BCUT2D eigenvalue weighted by molar-refractivity contribution is 0.0986. The summed E-state index contributed by atoms with van der Waals surface area (Å²) in [5.41, 5.74) is 8.38. The first-order chi connectivity index (χ1) is 17.0. The number of fused-ring (bicyclic) bond motifs is 1. The number of ether oxygens (including phenoxy) is 2. The molecule has 4 heterocycles. The molecule has 0 unspecified atom stereocenters. The summed E-state index contributed by atoms with van der Waals surface area (Å²) in [6, 6.07) is 11.4. The lowest BCUT2D eigenvalue weighted by Crippen LogP contribution is -2.44. The third-order valence-corrected chi connectivity index (χ3v) is 7.29. The molecule has 1 saturated carbocycles. The number of hydrogen-bond acceptors (Lipinski definition) is 8. The Morgan fingerprint density at radius 1 is 1.09 bits per heavy atom. The quantitative estimate of drug-likeness (QED) is 0.615. The van der Waals surface area contributed by atoms with E-state index in [2.05, 4.69) is 16.7 Å². The van der Waals surface area contributed by atoms with Crippen LogP contribution in [0.5, 0.6) is 0 Å². The Hall–Kier alpha value is -3.30. The summed E-state index contributed by atoms with van der Waals surface area (Å²) in [7, 11) is 0. The van der Waals surface area contributed by atoms with Crippen LogP contribution in [0.1, 0.15) is 30.1 Å². The van der Waals surface area contributed by atoms with Crippen LogP contribution in [0.15, 0.2) is 36.4 Å². The van der Waals surface area contributed by atoms with Gasteiger partial charge in [0.1, 0.15) is 5.82 Å². The number of amides is 1. The number of nitrogens with zero attached hydrogens (tertiary/aromatic N) is 5. The van der Waals surface area contributed by atoms with Crippen molar-refractivity contribution < 1.29 is 14.3 Å². The van der Waals surface area contributed by atoms with Crippen LogP contribution >= 0.6 is 0 Å². The molecule has 1 aliphatic carbocycles. The Morgan fingerprint density at radius 3 is 2.74 bits per heavy atom. The number of aromatic nitrogens is 3. The fourth-order valence-corrected chi connectivity index (χ4v) is 5.02. The maximum absolute atomic E-state index is 11.7. The molecule has 3 aliphatic rings. The van der Waals surface area contributed by atoms with E-state index < -0.39 is 5.91 Å². The number of carbonyl (C=O) groups is 1. The summed E-state index contributed by atoms with van der Waals surface area (Å²) in [4.78, 5) is 31.3. The molecule has 9 heteroatoms. The van der Waals surface area contributed by atoms with Gasteiger partial charge in [-0.25, -0.2) is 4.98 Å². The molecule has 2 aromatic heterocycles. The van der Waals surface area contributed by atoms with Gasteiger partial charge in [0.2, 0.25) is 11.9 Å². The zero-order valence-electron chi connectivity index (χ0n) is 19.9. The fraction of sp³-hybridized carbons (Fsp3) is 0.462. The minimum Gasteiger partial charge on any atom is -0.379 e. The lowest BCUT2D eigenvalue weighted by Gasteiger charge is -2.35. The number of nitrogens with two attached hydrogens (primary N) is 1. The molecule has 2 saturated heterocycles. The van der Waals surface area contributed by atoms with Crippen LogP contribution in [0.25, 0.3) is 22.3 Å². The van der Waals surface area contributed by atoms with E-state index in [1.54, 1.807) is 12.1 Å². The van der Waals surface area contributed by atoms with Gasteiger partial charge in [0, 0.05) is 36.2 Å². The molecule has 1 atom stereocenters. The largest absolute Gasteiger partial charge is 0.379 e. The number of anilines is 2. The molecule has 3 fully saturated rings. The predicted molar refractivity (Wildman–Crippen MR) is 134 cm³/mol. The first-order valence-corrected chi connectivity index (χ1v) is 12.3. The molecule has 3 aromatic rings. The highest BCUT2D eigenvalue weighted by Crippen LogP contribution is 2.47. The molecule has 9 nitrogen and oxygen atoms in total. The van der Waals surface area contributed by atoms with E-state index in [0.29, 0.717) is 37.0 Å². The second-order valence-corrected chi connectivity index (χ2v) is 9.95. The maximum Gasteiger partial charge on any atom is 0.248 e. The molecule has 182 valence electrons. The van der Waals surface area contributed by atoms with Crippen LogP contribution in [0.3, 0.4) is 0 Å². The van der Waals surface area contributed by atoms with Crippen molar-refractivity contribution in [1.29, 1.82) is 0 Å². The minimum absolute atomic E-state index is 0.198. The molecule has 1 spiro atoms. The molecular weight excluding hydrogens is 444 g/mol. The van der Waals surface area contributed by atoms with E-state index >= 15 is 0 Å². The summed E-state index contributed by atoms with van der Waals surface area (Å²) in [6.45, 7) is 7.38. The Bertz CT molecular complexity index is 1280. The number of carbonyl (C=O) groups excluding carboxylic acids is 1. The van der Waals surface area contributed by atoms with Crippen molar-refractivity contribution in [2.24, 2.45) is 11.1 Å². The van der Waals surface area contributed by atoms with Gasteiger partial charge in [0.15, 0.2) is 5.65 Å². The predicted octanol–water partition coefficient (Wildman–Crippen LogP) is 2.63.